The van der Waals surface area contributed by atoms with Gasteiger partial charge in [-0.25, -0.2) is 4.39 Å². The van der Waals surface area contributed by atoms with Gasteiger partial charge in [0.2, 0.25) is 11.7 Å². The third-order valence-corrected chi connectivity index (χ3v) is 3.99. The molecule has 28 heavy (non-hydrogen) atoms. The van der Waals surface area contributed by atoms with Crippen LogP contribution in [0, 0.1) is 5.82 Å². The van der Waals surface area contributed by atoms with Crippen molar-refractivity contribution in [3.8, 4) is 5.75 Å². The van der Waals surface area contributed by atoms with E-state index in [9.17, 15) is 9.18 Å². The summed E-state index contributed by atoms with van der Waals surface area (Å²) in [6.45, 7) is 1.28. The van der Waals surface area contributed by atoms with E-state index in [1.165, 1.54) is 12.1 Å². The Kier molecular flexibility index (Phi) is 6.33. The monoisotopic (exact) mass is 384 g/mol. The molecule has 0 fully saturated rings. The van der Waals surface area contributed by atoms with Crippen LogP contribution in [0.3, 0.4) is 0 Å². The van der Waals surface area contributed by atoms with Crippen molar-refractivity contribution in [1.29, 1.82) is 0 Å². The molecule has 0 unspecified atom stereocenters. The molecule has 0 saturated carbocycles. The van der Waals surface area contributed by atoms with Gasteiger partial charge in [-0.2, -0.15) is 4.98 Å². The van der Waals surface area contributed by atoms with E-state index in [0.29, 0.717) is 36.1 Å². The summed E-state index contributed by atoms with van der Waals surface area (Å²) in [7, 11) is 3.54. The first kappa shape index (κ1) is 19.5. The van der Waals surface area contributed by atoms with E-state index >= 15 is 0 Å². The van der Waals surface area contributed by atoms with Gasteiger partial charge in [0.05, 0.1) is 6.54 Å². The van der Waals surface area contributed by atoms with E-state index in [4.69, 9.17) is 9.26 Å². The summed E-state index contributed by atoms with van der Waals surface area (Å²) in [5.41, 5.74) is 1.69. The minimum Gasteiger partial charge on any atom is -0.485 e. The maximum absolute atomic E-state index is 12.9. The number of carbonyl (C=O) groups excluding carboxylic acids is 1. The molecule has 3 aromatic rings. The molecule has 1 amide bonds. The molecule has 1 heterocycles. The van der Waals surface area contributed by atoms with Crippen LogP contribution in [0.25, 0.3) is 0 Å². The summed E-state index contributed by atoms with van der Waals surface area (Å²) in [6, 6.07) is 13.1. The zero-order chi connectivity index (χ0) is 19.9. The summed E-state index contributed by atoms with van der Waals surface area (Å²) in [5, 5.41) is 6.49. The van der Waals surface area contributed by atoms with Crippen molar-refractivity contribution in [2.75, 3.05) is 14.1 Å². The first-order valence-corrected chi connectivity index (χ1v) is 8.73. The lowest BCUT2D eigenvalue weighted by Gasteiger charge is -2.14. The number of amides is 1. The zero-order valence-corrected chi connectivity index (χ0v) is 15.7. The fraction of sp³-hybridized carbons (Fsp3) is 0.250. The molecule has 7 nitrogen and oxygen atoms in total. The van der Waals surface area contributed by atoms with Crippen molar-refractivity contribution in [1.82, 2.24) is 20.4 Å². The number of aromatic nitrogens is 2. The number of hydrogen-bond acceptors (Lipinski definition) is 6. The van der Waals surface area contributed by atoms with E-state index in [0.717, 1.165) is 5.56 Å². The second kappa shape index (κ2) is 9.09. The van der Waals surface area contributed by atoms with Crippen LogP contribution in [0.15, 0.2) is 53.1 Å². The number of hydrogen-bond donors (Lipinski definition) is 1. The predicted octanol–water partition coefficient (Wildman–Crippen LogP) is 2.78. The topological polar surface area (TPSA) is 80.5 Å². The van der Waals surface area contributed by atoms with Gasteiger partial charge >= 0.3 is 0 Å². The van der Waals surface area contributed by atoms with Gasteiger partial charge < -0.3 is 14.6 Å². The summed E-state index contributed by atoms with van der Waals surface area (Å²) in [4.78, 5) is 17.9. The van der Waals surface area contributed by atoms with Crippen LogP contribution >= 0.6 is 0 Å². The average Bonchev–Trinajstić information content (AvgIpc) is 3.14. The molecule has 0 aliphatic rings. The third kappa shape index (κ3) is 5.37. The minimum absolute atomic E-state index is 0.110. The Morgan fingerprint density at radius 2 is 1.86 bits per heavy atom. The molecule has 0 radical (unpaired) electrons. The molecule has 0 aliphatic heterocycles. The van der Waals surface area contributed by atoms with Gasteiger partial charge in [-0.3, -0.25) is 9.69 Å². The fourth-order valence-corrected chi connectivity index (χ4v) is 2.60. The van der Waals surface area contributed by atoms with Crippen molar-refractivity contribution in [2.24, 2.45) is 0 Å². The first-order chi connectivity index (χ1) is 13.5. The Balaban J connectivity index is 1.50. The van der Waals surface area contributed by atoms with Gasteiger partial charge in [0.1, 0.15) is 11.6 Å². The third-order valence-electron chi connectivity index (χ3n) is 3.99. The molecule has 0 aliphatic carbocycles. The summed E-state index contributed by atoms with van der Waals surface area (Å²) >= 11 is 0. The fourth-order valence-electron chi connectivity index (χ4n) is 2.60. The Morgan fingerprint density at radius 3 is 2.54 bits per heavy atom. The number of rotatable bonds is 8. The molecule has 3 rings (SSSR count). The zero-order valence-electron chi connectivity index (χ0n) is 15.7. The van der Waals surface area contributed by atoms with Crippen LogP contribution in [0.2, 0.25) is 0 Å². The van der Waals surface area contributed by atoms with E-state index in [-0.39, 0.29) is 18.3 Å². The van der Waals surface area contributed by atoms with Gasteiger partial charge in [-0.15, -0.1) is 0 Å². The van der Waals surface area contributed by atoms with Crippen molar-refractivity contribution >= 4 is 5.91 Å². The van der Waals surface area contributed by atoms with Crippen molar-refractivity contribution in [3.05, 3.63) is 77.2 Å². The van der Waals surface area contributed by atoms with Gasteiger partial charge in [0, 0.05) is 19.2 Å². The molecular weight excluding hydrogens is 363 g/mol. The van der Waals surface area contributed by atoms with Gasteiger partial charge in [-0.05, 0) is 49.0 Å². The lowest BCUT2D eigenvalue weighted by molar-refractivity contribution is 0.0963. The quantitative estimate of drug-likeness (QED) is 0.643. The Bertz CT molecular complexity index is 910. The summed E-state index contributed by atoms with van der Waals surface area (Å²) in [6.07, 6.45) is 0. The highest BCUT2D eigenvalue weighted by Crippen LogP contribution is 2.13. The molecule has 8 heteroatoms. The largest absolute Gasteiger partial charge is 0.485 e. The van der Waals surface area contributed by atoms with Crippen LogP contribution in [-0.4, -0.2) is 35.0 Å². The van der Waals surface area contributed by atoms with Gasteiger partial charge in [-0.1, -0.05) is 17.3 Å². The second-order valence-corrected chi connectivity index (χ2v) is 6.30. The number of ether oxygens (including phenoxy) is 1. The minimum atomic E-state index is -0.319. The van der Waals surface area contributed by atoms with E-state index in [1.807, 2.05) is 24.1 Å². The van der Waals surface area contributed by atoms with Crippen LogP contribution in [-0.2, 0) is 19.7 Å². The number of nitrogens with one attached hydrogen (secondary N) is 1. The lowest BCUT2D eigenvalue weighted by atomic mass is 10.1. The molecule has 1 N–H and O–H groups in total. The molecule has 2 aromatic carbocycles. The highest BCUT2D eigenvalue weighted by molar-refractivity contribution is 5.93. The molecule has 0 bridgehead atoms. The predicted molar refractivity (Wildman–Crippen MR) is 100 cm³/mol. The van der Waals surface area contributed by atoms with Gasteiger partial charge in [0.15, 0.2) is 6.61 Å². The molecular formula is C20H21FN4O3. The van der Waals surface area contributed by atoms with Crippen molar-refractivity contribution < 1.29 is 18.4 Å². The van der Waals surface area contributed by atoms with E-state index in [1.54, 1.807) is 31.3 Å². The van der Waals surface area contributed by atoms with Crippen molar-refractivity contribution in [2.45, 2.75) is 19.7 Å². The highest BCUT2D eigenvalue weighted by Gasteiger charge is 2.11. The van der Waals surface area contributed by atoms with Crippen LogP contribution in [0.5, 0.6) is 5.75 Å². The molecule has 0 saturated heterocycles. The summed E-state index contributed by atoms with van der Waals surface area (Å²) in [5.74, 6) is 0.997. The number of nitrogens with zero attached hydrogens (tertiary/aromatic N) is 3. The van der Waals surface area contributed by atoms with Crippen molar-refractivity contribution in [3.63, 3.8) is 0 Å². The SMILES string of the molecule is CNC(=O)c1ccc(CN(C)Cc2nc(COc3ccc(F)cc3)no2)cc1. The van der Waals surface area contributed by atoms with Gasteiger partial charge in [0.25, 0.3) is 5.91 Å². The standard InChI is InChI=1S/C20H21FN4O3/c1-22-20(26)15-5-3-14(4-6-15)11-25(2)12-19-23-18(24-28-19)13-27-17-9-7-16(21)8-10-17/h3-10H,11-13H2,1-2H3,(H,22,26). The van der Waals surface area contributed by atoms with E-state index in [2.05, 4.69) is 15.5 Å². The smallest absolute Gasteiger partial charge is 0.251 e. The maximum atomic E-state index is 12.9. The molecule has 146 valence electrons. The number of benzene rings is 2. The molecule has 0 atom stereocenters. The molecule has 1 aromatic heterocycles. The Hall–Kier alpha value is -3.26. The van der Waals surface area contributed by atoms with E-state index < -0.39 is 0 Å². The lowest BCUT2D eigenvalue weighted by Crippen LogP contribution is -2.19. The average molecular weight is 384 g/mol. The maximum Gasteiger partial charge on any atom is 0.251 e. The summed E-state index contributed by atoms with van der Waals surface area (Å²) < 4.78 is 23.6. The van der Waals surface area contributed by atoms with Crippen LogP contribution in [0.1, 0.15) is 27.6 Å². The Labute approximate surface area is 162 Å². The molecule has 0 spiro atoms. The second-order valence-electron chi connectivity index (χ2n) is 6.30. The van der Waals surface area contributed by atoms with Crippen LogP contribution < -0.4 is 10.1 Å². The Morgan fingerprint density at radius 1 is 1.14 bits per heavy atom. The van der Waals surface area contributed by atoms with Crippen LogP contribution in [0.4, 0.5) is 4.39 Å². The number of carbonyl (C=O) groups is 1. The normalized spacial score (nSPS) is 10.9. The number of halogens is 1. The highest BCUT2D eigenvalue weighted by atomic mass is 19.1. The first-order valence-electron chi connectivity index (χ1n) is 8.73.